The Bertz CT molecular complexity index is 2010. The molecule has 4 aromatic rings. The van der Waals surface area contributed by atoms with Gasteiger partial charge in [-0.3, -0.25) is 14.2 Å². The highest BCUT2D eigenvalue weighted by atomic mass is 79.9. The van der Waals surface area contributed by atoms with Gasteiger partial charge in [0, 0.05) is 22.6 Å². The van der Waals surface area contributed by atoms with E-state index in [4.69, 9.17) is 19.2 Å². The number of fused-ring (bicyclic) bond motifs is 2. The van der Waals surface area contributed by atoms with E-state index >= 15 is 0 Å². The van der Waals surface area contributed by atoms with Gasteiger partial charge in [-0.25, -0.2) is 9.79 Å². The van der Waals surface area contributed by atoms with Gasteiger partial charge >= 0.3 is 5.97 Å². The Hall–Kier alpha value is -4.48. The third-order valence-electron chi connectivity index (χ3n) is 7.41. The number of anilines is 1. The summed E-state index contributed by atoms with van der Waals surface area (Å²) in [5.41, 5.74) is 3.03. The Labute approximate surface area is 259 Å². The number of nitrogens with zero attached hydrogens (tertiary/aromatic N) is 3. The molecule has 43 heavy (non-hydrogen) atoms. The van der Waals surface area contributed by atoms with E-state index in [1.54, 1.807) is 32.2 Å². The van der Waals surface area contributed by atoms with Gasteiger partial charge in [0.2, 0.25) is 0 Å². The number of carbonyl (C=O) groups excluding carboxylic acids is 2. The number of likely N-dealkylation sites (N-methyl/N-ethyl adjacent to an activating group) is 1. The smallest absolute Gasteiger partial charge is 0.338 e. The molecule has 1 aromatic heterocycles. The summed E-state index contributed by atoms with van der Waals surface area (Å²) in [6.45, 7) is 1.85. The van der Waals surface area contributed by atoms with Crippen molar-refractivity contribution in [2.24, 2.45) is 4.99 Å². The van der Waals surface area contributed by atoms with E-state index in [0.717, 1.165) is 15.8 Å². The van der Waals surface area contributed by atoms with Crippen LogP contribution in [0.1, 0.15) is 29.7 Å². The molecule has 2 aliphatic heterocycles. The summed E-state index contributed by atoms with van der Waals surface area (Å²) >= 11 is 4.61. The molecule has 9 nitrogen and oxygen atoms in total. The van der Waals surface area contributed by atoms with Gasteiger partial charge in [0.25, 0.3) is 11.5 Å². The number of carbonyl (C=O) groups is 2. The first-order valence-corrected chi connectivity index (χ1v) is 15.0. The number of hydrogen-bond donors (Lipinski definition) is 0. The molecule has 0 unspecified atom stereocenters. The molecular weight excluding hydrogens is 634 g/mol. The van der Waals surface area contributed by atoms with E-state index in [0.29, 0.717) is 44.4 Å². The van der Waals surface area contributed by atoms with E-state index < -0.39 is 17.6 Å². The molecule has 218 valence electrons. The van der Waals surface area contributed by atoms with Crippen molar-refractivity contribution in [2.75, 3.05) is 32.8 Å². The number of esters is 1. The van der Waals surface area contributed by atoms with Crippen LogP contribution in [0.4, 0.5) is 5.69 Å². The van der Waals surface area contributed by atoms with Gasteiger partial charge in [0.1, 0.15) is 4.53 Å². The van der Waals surface area contributed by atoms with Crippen molar-refractivity contribution in [1.82, 2.24) is 4.57 Å². The third-order valence-corrected chi connectivity index (χ3v) is 8.95. The molecule has 0 bridgehead atoms. The summed E-state index contributed by atoms with van der Waals surface area (Å²) in [5, 5.41) is 0. The molecule has 0 spiro atoms. The van der Waals surface area contributed by atoms with Crippen molar-refractivity contribution in [3.8, 4) is 11.5 Å². The number of hydrogen-bond acceptors (Lipinski definition) is 8. The summed E-state index contributed by atoms with van der Waals surface area (Å²) in [4.78, 5) is 48.5. The number of ether oxygens (including phenoxy) is 3. The minimum atomic E-state index is -0.934. The SMILES string of the molecule is CCOC(=O)C1=C(c2ccccc2)N=c2s/c(=C3\C(=O)N(C)c4ccc(Br)cc43)c(=O)n2[C@@H]1c1ccc(OC)c(OC)c1. The number of rotatable bonds is 6. The van der Waals surface area contributed by atoms with Gasteiger partial charge in [-0.2, -0.15) is 0 Å². The summed E-state index contributed by atoms with van der Waals surface area (Å²) in [6, 6.07) is 19.1. The first-order valence-electron chi connectivity index (χ1n) is 13.4. The zero-order chi connectivity index (χ0) is 30.4. The van der Waals surface area contributed by atoms with Gasteiger partial charge in [-0.05, 0) is 42.8 Å². The molecule has 0 saturated heterocycles. The average molecular weight is 661 g/mol. The molecule has 0 fully saturated rings. The van der Waals surface area contributed by atoms with Crippen molar-refractivity contribution < 1.29 is 23.8 Å². The van der Waals surface area contributed by atoms with Crippen molar-refractivity contribution in [3.05, 3.63) is 113 Å². The third kappa shape index (κ3) is 4.68. The fourth-order valence-corrected chi connectivity index (χ4v) is 6.89. The zero-order valence-corrected chi connectivity index (χ0v) is 26.1. The van der Waals surface area contributed by atoms with Gasteiger partial charge in [-0.1, -0.05) is 63.7 Å². The Morgan fingerprint density at radius 3 is 2.44 bits per heavy atom. The molecule has 6 rings (SSSR count). The number of methoxy groups -OCH3 is 2. The fourth-order valence-electron chi connectivity index (χ4n) is 5.44. The maximum Gasteiger partial charge on any atom is 0.338 e. The number of aromatic nitrogens is 1. The Morgan fingerprint density at radius 2 is 1.74 bits per heavy atom. The monoisotopic (exact) mass is 659 g/mol. The molecule has 3 aromatic carbocycles. The lowest BCUT2D eigenvalue weighted by molar-refractivity contribution is -0.138. The van der Waals surface area contributed by atoms with Crippen molar-refractivity contribution in [3.63, 3.8) is 0 Å². The molecule has 1 amide bonds. The molecule has 3 heterocycles. The lowest BCUT2D eigenvalue weighted by atomic mass is 9.93. The number of benzene rings is 3. The largest absolute Gasteiger partial charge is 0.493 e. The Kier molecular flexibility index (Phi) is 7.53. The number of thiazole rings is 1. The van der Waals surface area contributed by atoms with Gasteiger partial charge < -0.3 is 19.1 Å². The second kappa shape index (κ2) is 11.3. The normalized spacial score (nSPS) is 16.9. The second-order valence-electron chi connectivity index (χ2n) is 9.77. The van der Waals surface area contributed by atoms with Crippen LogP contribution in [-0.2, 0) is 14.3 Å². The molecule has 11 heteroatoms. The summed E-state index contributed by atoms with van der Waals surface area (Å²) in [7, 11) is 4.73. The predicted molar refractivity (Wildman–Crippen MR) is 167 cm³/mol. The molecule has 0 N–H and O–H groups in total. The molecule has 2 aliphatic rings. The summed E-state index contributed by atoms with van der Waals surface area (Å²) in [6.07, 6.45) is 0. The number of halogens is 1. The van der Waals surface area contributed by atoms with Crippen LogP contribution in [0.15, 0.2) is 86.6 Å². The summed E-state index contributed by atoms with van der Waals surface area (Å²) < 4.78 is 19.0. The maximum atomic E-state index is 14.5. The minimum absolute atomic E-state index is 0.129. The van der Waals surface area contributed by atoms with Crippen molar-refractivity contribution in [2.45, 2.75) is 13.0 Å². The van der Waals surface area contributed by atoms with E-state index in [-0.39, 0.29) is 28.2 Å². The van der Waals surface area contributed by atoms with Gasteiger partial charge in [0.15, 0.2) is 16.3 Å². The van der Waals surface area contributed by atoms with Crippen LogP contribution >= 0.6 is 27.3 Å². The second-order valence-corrected chi connectivity index (χ2v) is 11.7. The van der Waals surface area contributed by atoms with Gasteiger partial charge in [-0.15, -0.1) is 0 Å². The highest BCUT2D eigenvalue weighted by Crippen LogP contribution is 2.39. The lowest BCUT2D eigenvalue weighted by Gasteiger charge is -2.26. The van der Waals surface area contributed by atoms with E-state index in [1.807, 2.05) is 48.5 Å². The highest BCUT2D eigenvalue weighted by Gasteiger charge is 2.38. The fraction of sp³-hybridized carbons (Fsp3) is 0.188. The maximum absolute atomic E-state index is 14.5. The van der Waals surface area contributed by atoms with Crippen LogP contribution in [0.2, 0.25) is 0 Å². The molecular formula is C32H26BrN3O6S. The van der Waals surface area contributed by atoms with Crippen molar-refractivity contribution in [1.29, 1.82) is 0 Å². The lowest BCUT2D eigenvalue weighted by Crippen LogP contribution is -2.40. The topological polar surface area (TPSA) is 99.4 Å². The average Bonchev–Trinajstić information content (AvgIpc) is 3.47. The summed E-state index contributed by atoms with van der Waals surface area (Å²) in [5.74, 6) is 0.0214. The minimum Gasteiger partial charge on any atom is -0.493 e. The molecule has 1 atom stereocenters. The number of amides is 1. The van der Waals surface area contributed by atoms with Crippen LogP contribution in [0.3, 0.4) is 0 Å². The van der Waals surface area contributed by atoms with Crippen LogP contribution in [-0.4, -0.2) is 44.3 Å². The van der Waals surface area contributed by atoms with Crippen LogP contribution < -0.4 is 29.3 Å². The Balaban J connectivity index is 1.73. The van der Waals surface area contributed by atoms with Crippen molar-refractivity contribution >= 4 is 56.1 Å². The molecule has 0 saturated carbocycles. The van der Waals surface area contributed by atoms with Gasteiger partial charge in [0.05, 0.1) is 49.4 Å². The van der Waals surface area contributed by atoms with Crippen LogP contribution in [0, 0.1) is 0 Å². The van der Waals surface area contributed by atoms with Crippen LogP contribution in [0.25, 0.3) is 11.3 Å². The first kappa shape index (κ1) is 28.6. The van der Waals surface area contributed by atoms with E-state index in [9.17, 15) is 14.4 Å². The predicted octanol–water partition coefficient (Wildman–Crippen LogP) is 4.06. The van der Waals surface area contributed by atoms with E-state index in [1.165, 1.54) is 23.7 Å². The Morgan fingerprint density at radius 1 is 1.00 bits per heavy atom. The van der Waals surface area contributed by atoms with Crippen LogP contribution in [0.5, 0.6) is 11.5 Å². The van der Waals surface area contributed by atoms with E-state index in [2.05, 4.69) is 15.9 Å². The quantitative estimate of drug-likeness (QED) is 0.290. The first-order chi connectivity index (χ1) is 20.8. The highest BCUT2D eigenvalue weighted by molar-refractivity contribution is 9.10. The standard InChI is InChI=1S/C32H26BrN3O6S/c1-5-42-31(39)25-26(17-9-7-6-8-10-17)34-32-36(27(25)18-11-14-22(40-3)23(15-18)41-4)30(38)28(43-32)24-20-16-19(33)12-13-21(20)35(2)29(24)37/h6-16,27H,5H2,1-4H3/b28-24-/t27-/m1/s1. The molecule has 0 aliphatic carbocycles. The molecule has 0 radical (unpaired) electrons. The zero-order valence-electron chi connectivity index (χ0n) is 23.7.